The van der Waals surface area contributed by atoms with Crippen LogP contribution in [0, 0.1) is 17.8 Å². The standard InChI is InChI=1S/C16H18O3/c17-11-5-7-13-6-4-10-15(12-13)19-16(18)14-8-2-1-3-9-14/h4,6,10,12,14,17H,1-3,8-9,11H2. The second kappa shape index (κ2) is 6.96. The van der Waals surface area contributed by atoms with Crippen LogP contribution in [0.5, 0.6) is 5.75 Å². The molecule has 0 amide bonds. The lowest BCUT2D eigenvalue weighted by Gasteiger charge is -2.19. The molecule has 3 heteroatoms. The summed E-state index contributed by atoms with van der Waals surface area (Å²) >= 11 is 0. The number of hydrogen-bond donors (Lipinski definition) is 1. The number of esters is 1. The lowest BCUT2D eigenvalue weighted by Crippen LogP contribution is -2.22. The maximum Gasteiger partial charge on any atom is 0.314 e. The van der Waals surface area contributed by atoms with Crippen molar-refractivity contribution in [2.45, 2.75) is 32.1 Å². The summed E-state index contributed by atoms with van der Waals surface area (Å²) in [7, 11) is 0. The first-order valence-electron chi connectivity index (χ1n) is 6.71. The van der Waals surface area contributed by atoms with Crippen molar-refractivity contribution in [2.75, 3.05) is 6.61 Å². The zero-order valence-electron chi connectivity index (χ0n) is 10.9. The third-order valence-electron chi connectivity index (χ3n) is 3.30. The predicted octanol–water partition coefficient (Wildman–Crippen LogP) is 2.52. The molecule has 0 atom stereocenters. The Kier molecular flexibility index (Phi) is 5.00. The summed E-state index contributed by atoms with van der Waals surface area (Å²) in [6, 6.07) is 7.10. The zero-order chi connectivity index (χ0) is 13.5. The van der Waals surface area contributed by atoms with Crippen LogP contribution >= 0.6 is 0 Å². The molecule has 0 spiro atoms. The molecule has 0 aliphatic heterocycles. The van der Waals surface area contributed by atoms with Crippen LogP contribution in [0.2, 0.25) is 0 Å². The summed E-state index contributed by atoms with van der Waals surface area (Å²) in [6.45, 7) is -0.175. The van der Waals surface area contributed by atoms with E-state index in [0.29, 0.717) is 5.75 Å². The Hall–Kier alpha value is -1.79. The highest BCUT2D eigenvalue weighted by Crippen LogP contribution is 2.25. The molecule has 0 aromatic heterocycles. The Morgan fingerprint density at radius 2 is 2.11 bits per heavy atom. The van der Waals surface area contributed by atoms with Gasteiger partial charge in [-0.2, -0.15) is 0 Å². The Morgan fingerprint density at radius 1 is 1.32 bits per heavy atom. The molecule has 100 valence electrons. The lowest BCUT2D eigenvalue weighted by atomic mass is 9.89. The minimum atomic E-state index is -0.175. The molecule has 2 rings (SSSR count). The normalized spacial score (nSPS) is 15.4. The molecule has 0 unspecified atom stereocenters. The number of aliphatic hydroxyl groups is 1. The topological polar surface area (TPSA) is 46.5 Å². The third kappa shape index (κ3) is 4.11. The van der Waals surface area contributed by atoms with E-state index < -0.39 is 0 Å². The van der Waals surface area contributed by atoms with Gasteiger partial charge in [-0.05, 0) is 31.0 Å². The van der Waals surface area contributed by atoms with Crippen molar-refractivity contribution in [3.63, 3.8) is 0 Å². The zero-order valence-corrected chi connectivity index (χ0v) is 10.9. The van der Waals surface area contributed by atoms with E-state index in [1.165, 1.54) is 6.42 Å². The van der Waals surface area contributed by atoms with Crippen LogP contribution in [0.15, 0.2) is 24.3 Å². The first kappa shape index (κ1) is 13.6. The van der Waals surface area contributed by atoms with Crippen molar-refractivity contribution in [3.05, 3.63) is 29.8 Å². The van der Waals surface area contributed by atoms with Gasteiger partial charge in [-0.25, -0.2) is 0 Å². The molecule has 0 saturated heterocycles. The summed E-state index contributed by atoms with van der Waals surface area (Å²) < 4.78 is 5.41. The highest BCUT2D eigenvalue weighted by molar-refractivity contribution is 5.75. The van der Waals surface area contributed by atoms with Crippen molar-refractivity contribution in [3.8, 4) is 17.6 Å². The van der Waals surface area contributed by atoms with Crippen molar-refractivity contribution in [1.29, 1.82) is 0 Å². The van der Waals surface area contributed by atoms with Gasteiger partial charge in [0.25, 0.3) is 0 Å². The molecule has 19 heavy (non-hydrogen) atoms. The van der Waals surface area contributed by atoms with Gasteiger partial charge in [-0.15, -0.1) is 0 Å². The van der Waals surface area contributed by atoms with E-state index in [2.05, 4.69) is 11.8 Å². The molecule has 1 saturated carbocycles. The van der Waals surface area contributed by atoms with Gasteiger partial charge in [-0.1, -0.05) is 37.2 Å². The van der Waals surface area contributed by atoms with Gasteiger partial charge >= 0.3 is 5.97 Å². The second-order valence-electron chi connectivity index (χ2n) is 4.74. The molecule has 1 fully saturated rings. The van der Waals surface area contributed by atoms with Crippen LogP contribution in [-0.4, -0.2) is 17.7 Å². The van der Waals surface area contributed by atoms with Crippen LogP contribution in [0.1, 0.15) is 37.7 Å². The van der Waals surface area contributed by atoms with Crippen molar-refractivity contribution in [1.82, 2.24) is 0 Å². The van der Waals surface area contributed by atoms with Crippen molar-refractivity contribution >= 4 is 5.97 Å². The van der Waals surface area contributed by atoms with Gasteiger partial charge in [-0.3, -0.25) is 4.79 Å². The van der Waals surface area contributed by atoms with Gasteiger partial charge in [0.2, 0.25) is 0 Å². The molecule has 0 heterocycles. The maximum absolute atomic E-state index is 12.0. The number of aliphatic hydroxyl groups excluding tert-OH is 1. The highest BCUT2D eigenvalue weighted by Gasteiger charge is 2.22. The van der Waals surface area contributed by atoms with Gasteiger partial charge in [0.05, 0.1) is 5.92 Å². The van der Waals surface area contributed by atoms with E-state index in [1.807, 2.05) is 6.07 Å². The molecule has 1 N–H and O–H groups in total. The van der Waals surface area contributed by atoms with Crippen molar-refractivity contribution < 1.29 is 14.6 Å². The summed E-state index contributed by atoms with van der Waals surface area (Å²) in [5, 5.41) is 8.65. The van der Waals surface area contributed by atoms with Crippen LogP contribution in [0.3, 0.4) is 0 Å². The molecule has 1 aromatic rings. The average Bonchev–Trinajstić information content (AvgIpc) is 2.46. The SMILES string of the molecule is O=C(Oc1cccc(C#CCO)c1)C1CCCCC1. The average molecular weight is 258 g/mol. The van der Waals surface area contributed by atoms with E-state index >= 15 is 0 Å². The largest absolute Gasteiger partial charge is 0.426 e. The number of carbonyl (C=O) groups excluding carboxylic acids is 1. The van der Waals surface area contributed by atoms with E-state index in [9.17, 15) is 4.79 Å². The number of ether oxygens (including phenoxy) is 1. The number of hydrogen-bond acceptors (Lipinski definition) is 3. The monoisotopic (exact) mass is 258 g/mol. The van der Waals surface area contributed by atoms with Gasteiger partial charge in [0, 0.05) is 5.56 Å². The van der Waals surface area contributed by atoms with Crippen LogP contribution in [-0.2, 0) is 4.79 Å². The third-order valence-corrected chi connectivity index (χ3v) is 3.30. The van der Waals surface area contributed by atoms with Crippen LogP contribution in [0.4, 0.5) is 0 Å². The van der Waals surface area contributed by atoms with Crippen LogP contribution < -0.4 is 4.74 Å². The highest BCUT2D eigenvalue weighted by atomic mass is 16.5. The molecular weight excluding hydrogens is 240 g/mol. The summed E-state index contributed by atoms with van der Waals surface area (Å²) in [4.78, 5) is 12.0. The summed E-state index contributed by atoms with van der Waals surface area (Å²) in [5.41, 5.74) is 0.739. The van der Waals surface area contributed by atoms with Gasteiger partial charge < -0.3 is 9.84 Å². The molecule has 1 aliphatic rings. The fourth-order valence-electron chi connectivity index (χ4n) is 2.32. The number of benzene rings is 1. The van der Waals surface area contributed by atoms with E-state index in [-0.39, 0.29) is 18.5 Å². The molecule has 0 radical (unpaired) electrons. The Labute approximate surface area is 113 Å². The minimum Gasteiger partial charge on any atom is -0.426 e. The van der Waals surface area contributed by atoms with Gasteiger partial charge in [0.1, 0.15) is 12.4 Å². The van der Waals surface area contributed by atoms with Crippen molar-refractivity contribution in [2.24, 2.45) is 5.92 Å². The smallest absolute Gasteiger partial charge is 0.314 e. The summed E-state index contributed by atoms with van der Waals surface area (Å²) in [6.07, 6.45) is 5.31. The lowest BCUT2D eigenvalue weighted by molar-refractivity contribution is -0.139. The molecule has 1 aromatic carbocycles. The van der Waals surface area contributed by atoms with Crippen LogP contribution in [0.25, 0.3) is 0 Å². The Bertz CT molecular complexity index is 490. The van der Waals surface area contributed by atoms with E-state index in [1.54, 1.807) is 18.2 Å². The molecular formula is C16H18O3. The van der Waals surface area contributed by atoms with E-state index in [4.69, 9.17) is 9.84 Å². The summed E-state index contributed by atoms with van der Waals surface area (Å²) in [5.74, 6) is 5.81. The number of rotatable bonds is 2. The second-order valence-corrected chi connectivity index (χ2v) is 4.74. The first-order chi connectivity index (χ1) is 9.29. The van der Waals surface area contributed by atoms with Gasteiger partial charge in [0.15, 0.2) is 0 Å². The predicted molar refractivity (Wildman–Crippen MR) is 72.6 cm³/mol. The first-order valence-corrected chi connectivity index (χ1v) is 6.71. The number of carbonyl (C=O) groups is 1. The Balaban J connectivity index is 1.99. The minimum absolute atomic E-state index is 0.0425. The quantitative estimate of drug-likeness (QED) is 0.503. The Morgan fingerprint density at radius 3 is 2.84 bits per heavy atom. The maximum atomic E-state index is 12.0. The molecule has 1 aliphatic carbocycles. The fourth-order valence-corrected chi connectivity index (χ4v) is 2.32. The molecule has 3 nitrogen and oxygen atoms in total. The molecule has 0 bridgehead atoms. The fraction of sp³-hybridized carbons (Fsp3) is 0.438. The van der Waals surface area contributed by atoms with E-state index in [0.717, 1.165) is 31.2 Å².